The van der Waals surface area contributed by atoms with Gasteiger partial charge in [-0.2, -0.15) is 5.26 Å². The minimum absolute atomic E-state index is 0.273. The first-order valence-corrected chi connectivity index (χ1v) is 5.40. The van der Waals surface area contributed by atoms with E-state index >= 15 is 0 Å². The van der Waals surface area contributed by atoms with Crippen LogP contribution in [0.25, 0.3) is 0 Å². The normalized spacial score (nSPS) is 33.5. The lowest BCUT2D eigenvalue weighted by Crippen LogP contribution is -2.42. The third kappa shape index (κ3) is 1.35. The molecule has 2 heteroatoms. The van der Waals surface area contributed by atoms with Gasteiger partial charge in [0.15, 0.2) is 0 Å². The van der Waals surface area contributed by atoms with Gasteiger partial charge in [-0.15, -0.1) is 0 Å². The van der Waals surface area contributed by atoms with E-state index < -0.39 is 0 Å². The lowest BCUT2D eigenvalue weighted by atomic mass is 9.60. The first kappa shape index (κ1) is 9.71. The molecule has 0 spiro atoms. The van der Waals surface area contributed by atoms with Gasteiger partial charge in [-0.1, -0.05) is 13.8 Å². The number of ketones is 1. The fraction of sp³-hybridized carbons (Fsp3) is 0.833. The molecule has 0 heterocycles. The maximum absolute atomic E-state index is 11.0. The molecule has 0 aromatic heterocycles. The van der Waals surface area contributed by atoms with Crippen LogP contribution in [0.15, 0.2) is 0 Å². The molecule has 2 aliphatic carbocycles. The number of hydrogen-bond donors (Lipinski definition) is 0. The maximum Gasteiger partial charge on any atom is 0.136 e. The zero-order valence-electron chi connectivity index (χ0n) is 8.97. The quantitative estimate of drug-likeness (QED) is 0.639. The van der Waals surface area contributed by atoms with Crippen molar-refractivity contribution >= 4 is 5.78 Å². The summed E-state index contributed by atoms with van der Waals surface area (Å²) in [6, 6.07) is 2.40. The van der Waals surface area contributed by atoms with Crippen LogP contribution in [0.4, 0.5) is 0 Å². The van der Waals surface area contributed by atoms with Gasteiger partial charge in [0, 0.05) is 12.8 Å². The first-order valence-electron chi connectivity index (χ1n) is 5.40. The Kier molecular flexibility index (Phi) is 1.96. The van der Waals surface area contributed by atoms with Crippen LogP contribution in [0.2, 0.25) is 0 Å². The molecule has 76 valence electrons. The van der Waals surface area contributed by atoms with Gasteiger partial charge in [0.05, 0.1) is 11.5 Å². The van der Waals surface area contributed by atoms with Gasteiger partial charge in [-0.25, -0.2) is 0 Å². The van der Waals surface area contributed by atoms with Crippen molar-refractivity contribution in [2.24, 2.45) is 16.7 Å². The minimum atomic E-state index is -0.273. The SMILES string of the molecule is CC1(C)CCC(C2(C#N)CC(=O)C2)C1. The molecule has 1 atom stereocenters. The smallest absolute Gasteiger partial charge is 0.136 e. The van der Waals surface area contributed by atoms with Gasteiger partial charge < -0.3 is 0 Å². The second kappa shape index (κ2) is 2.82. The number of carbonyl (C=O) groups excluding carboxylic acids is 1. The van der Waals surface area contributed by atoms with Gasteiger partial charge in [-0.3, -0.25) is 4.79 Å². The summed E-state index contributed by atoms with van der Waals surface area (Å²) in [4.78, 5) is 11.0. The second-order valence-corrected chi connectivity index (χ2v) is 5.76. The highest BCUT2D eigenvalue weighted by molar-refractivity contribution is 5.87. The third-order valence-corrected chi connectivity index (χ3v) is 4.00. The highest BCUT2D eigenvalue weighted by Crippen LogP contribution is 2.55. The Morgan fingerprint density at radius 3 is 2.43 bits per heavy atom. The number of Topliss-reactive ketones (excluding diaryl/α,β-unsaturated/α-hetero) is 1. The van der Waals surface area contributed by atoms with Crippen molar-refractivity contribution in [1.82, 2.24) is 0 Å². The van der Waals surface area contributed by atoms with Crippen molar-refractivity contribution < 1.29 is 4.79 Å². The van der Waals surface area contributed by atoms with E-state index in [1.165, 1.54) is 6.42 Å². The van der Waals surface area contributed by atoms with Crippen LogP contribution in [0.5, 0.6) is 0 Å². The van der Waals surface area contributed by atoms with Gasteiger partial charge in [0.1, 0.15) is 5.78 Å². The summed E-state index contributed by atoms with van der Waals surface area (Å²) < 4.78 is 0. The van der Waals surface area contributed by atoms with Crippen molar-refractivity contribution in [3.05, 3.63) is 0 Å². The van der Waals surface area contributed by atoms with E-state index in [1.54, 1.807) is 0 Å². The second-order valence-electron chi connectivity index (χ2n) is 5.76. The van der Waals surface area contributed by atoms with E-state index in [-0.39, 0.29) is 11.2 Å². The molecule has 0 N–H and O–H groups in total. The van der Waals surface area contributed by atoms with Crippen molar-refractivity contribution in [1.29, 1.82) is 5.26 Å². The van der Waals surface area contributed by atoms with Crippen LogP contribution >= 0.6 is 0 Å². The standard InChI is InChI=1S/C12H17NO/c1-11(2)4-3-9(5-11)12(8-13)6-10(14)7-12/h9H,3-7H2,1-2H3. The number of nitrogens with zero attached hydrogens (tertiary/aromatic N) is 1. The molecule has 2 aliphatic rings. The van der Waals surface area contributed by atoms with E-state index in [4.69, 9.17) is 0 Å². The molecule has 0 aromatic rings. The van der Waals surface area contributed by atoms with Crippen LogP contribution < -0.4 is 0 Å². The third-order valence-electron chi connectivity index (χ3n) is 4.00. The molecule has 2 nitrogen and oxygen atoms in total. The molecule has 0 radical (unpaired) electrons. The summed E-state index contributed by atoms with van der Waals surface area (Å²) in [7, 11) is 0. The highest BCUT2D eigenvalue weighted by Gasteiger charge is 2.52. The summed E-state index contributed by atoms with van der Waals surface area (Å²) in [6.07, 6.45) is 4.49. The van der Waals surface area contributed by atoms with E-state index in [2.05, 4.69) is 19.9 Å². The minimum Gasteiger partial charge on any atom is -0.300 e. The van der Waals surface area contributed by atoms with E-state index in [1.807, 2.05) is 0 Å². The van der Waals surface area contributed by atoms with Gasteiger partial charge in [0.25, 0.3) is 0 Å². The number of nitriles is 1. The van der Waals surface area contributed by atoms with Gasteiger partial charge in [0.2, 0.25) is 0 Å². The summed E-state index contributed by atoms with van der Waals surface area (Å²) in [5, 5.41) is 9.18. The van der Waals surface area contributed by atoms with Gasteiger partial charge in [-0.05, 0) is 30.6 Å². The molecule has 0 amide bonds. The summed E-state index contributed by atoms with van der Waals surface area (Å²) in [5.41, 5.74) is 0.109. The average molecular weight is 191 g/mol. The first-order chi connectivity index (χ1) is 6.47. The van der Waals surface area contributed by atoms with E-state index in [0.717, 1.165) is 12.8 Å². The van der Waals surface area contributed by atoms with Crippen molar-refractivity contribution in [3.63, 3.8) is 0 Å². The Morgan fingerprint density at radius 1 is 1.43 bits per heavy atom. The molecule has 0 saturated heterocycles. The molecule has 2 fully saturated rings. The van der Waals surface area contributed by atoms with E-state index in [0.29, 0.717) is 24.2 Å². The van der Waals surface area contributed by atoms with Crippen LogP contribution in [0.3, 0.4) is 0 Å². The lowest BCUT2D eigenvalue weighted by molar-refractivity contribution is -0.132. The molecular formula is C12H17NO. The topological polar surface area (TPSA) is 40.9 Å². The predicted octanol–water partition coefficient (Wildman–Crippen LogP) is 2.69. The van der Waals surface area contributed by atoms with Gasteiger partial charge >= 0.3 is 0 Å². The Balaban J connectivity index is 2.10. The average Bonchev–Trinajstić information content (AvgIpc) is 2.40. The number of hydrogen-bond acceptors (Lipinski definition) is 2. The monoisotopic (exact) mass is 191 g/mol. The Labute approximate surface area is 85.3 Å². The number of rotatable bonds is 1. The molecule has 1 unspecified atom stereocenters. The summed E-state index contributed by atoms with van der Waals surface area (Å²) in [5.74, 6) is 0.747. The fourth-order valence-corrected chi connectivity index (χ4v) is 3.02. The molecule has 0 aliphatic heterocycles. The Hall–Kier alpha value is -0.840. The zero-order valence-corrected chi connectivity index (χ0v) is 8.97. The van der Waals surface area contributed by atoms with Crippen LogP contribution in [0, 0.1) is 28.1 Å². The van der Waals surface area contributed by atoms with Crippen molar-refractivity contribution in [2.45, 2.75) is 46.0 Å². The van der Waals surface area contributed by atoms with Crippen LogP contribution in [0.1, 0.15) is 46.0 Å². The maximum atomic E-state index is 11.0. The predicted molar refractivity (Wildman–Crippen MR) is 53.4 cm³/mol. The molecule has 2 saturated carbocycles. The Bertz CT molecular complexity index is 303. The largest absolute Gasteiger partial charge is 0.300 e. The molecule has 0 aromatic carbocycles. The van der Waals surface area contributed by atoms with Crippen molar-refractivity contribution in [2.75, 3.05) is 0 Å². The molecule has 2 rings (SSSR count). The molecule has 14 heavy (non-hydrogen) atoms. The van der Waals surface area contributed by atoms with E-state index in [9.17, 15) is 10.1 Å². The summed E-state index contributed by atoms with van der Waals surface area (Å²) in [6.45, 7) is 4.52. The lowest BCUT2D eigenvalue weighted by Gasteiger charge is -2.39. The molecule has 0 bridgehead atoms. The molecular weight excluding hydrogens is 174 g/mol. The fourth-order valence-electron chi connectivity index (χ4n) is 3.02. The summed E-state index contributed by atoms with van der Waals surface area (Å²) >= 11 is 0. The van der Waals surface area contributed by atoms with Crippen LogP contribution in [-0.4, -0.2) is 5.78 Å². The zero-order chi connectivity index (χ0) is 10.4. The highest BCUT2D eigenvalue weighted by atomic mass is 16.1. The van der Waals surface area contributed by atoms with Crippen molar-refractivity contribution in [3.8, 4) is 6.07 Å². The Morgan fingerprint density at radius 2 is 2.07 bits per heavy atom. The van der Waals surface area contributed by atoms with Crippen LogP contribution in [-0.2, 0) is 4.79 Å². The number of carbonyl (C=O) groups is 1.